The molecule has 1 aromatic carbocycles. The van der Waals surface area contributed by atoms with E-state index in [0.29, 0.717) is 11.6 Å². The second kappa shape index (κ2) is 6.65. The van der Waals surface area contributed by atoms with Gasteiger partial charge in [0.1, 0.15) is 0 Å². The Hall–Kier alpha value is -0.290. The Bertz CT molecular complexity index is 567. The molecule has 1 fully saturated rings. The average Bonchev–Trinajstić information content (AvgIpc) is 2.41. The Balaban J connectivity index is 2.02. The largest absolute Gasteiger partial charge is 0.302 e. The summed E-state index contributed by atoms with van der Waals surface area (Å²) in [5, 5.41) is 0.626. The van der Waals surface area contributed by atoms with Crippen molar-refractivity contribution >= 4 is 33.0 Å². The third-order valence-corrected chi connectivity index (χ3v) is 6.19. The maximum absolute atomic E-state index is 12.3. The van der Waals surface area contributed by atoms with Gasteiger partial charge in [-0.15, -0.1) is 0 Å². The van der Waals surface area contributed by atoms with Gasteiger partial charge >= 0.3 is 0 Å². The first-order valence-corrected chi connectivity index (χ1v) is 9.19. The lowest BCUT2D eigenvalue weighted by atomic mass is 9.99. The van der Waals surface area contributed by atoms with Crippen LogP contribution in [0.2, 0.25) is 10.0 Å². The minimum absolute atomic E-state index is 0.0848. The van der Waals surface area contributed by atoms with Crippen LogP contribution in [0.25, 0.3) is 0 Å². The number of rotatable bonds is 4. The fourth-order valence-corrected chi connectivity index (χ4v) is 4.46. The first-order valence-electron chi connectivity index (χ1n) is 6.78. The third kappa shape index (κ3) is 4.10. The van der Waals surface area contributed by atoms with Crippen LogP contribution in [-0.4, -0.2) is 38.7 Å². The normalized spacial score (nSPS) is 18.4. The van der Waals surface area contributed by atoms with Gasteiger partial charge in [-0.25, -0.2) is 8.42 Å². The number of benzene rings is 1. The van der Waals surface area contributed by atoms with Gasteiger partial charge in [-0.1, -0.05) is 30.1 Å². The number of hydrogen-bond donors (Lipinski definition) is 0. The standard InChI is InChI=1S/C14H19Cl2NO2S/c1-11-4-6-17(7-5-11)8-9-20(18,19)14-10-12(15)2-3-13(14)16/h2-3,10-11H,4-9H2,1H3. The van der Waals surface area contributed by atoms with E-state index in [1.165, 1.54) is 12.1 Å². The highest BCUT2D eigenvalue weighted by molar-refractivity contribution is 7.91. The predicted molar refractivity (Wildman–Crippen MR) is 83.4 cm³/mol. The van der Waals surface area contributed by atoms with Gasteiger partial charge in [0, 0.05) is 11.6 Å². The van der Waals surface area contributed by atoms with Gasteiger partial charge < -0.3 is 4.90 Å². The highest BCUT2D eigenvalue weighted by Crippen LogP contribution is 2.26. The van der Waals surface area contributed by atoms with E-state index in [2.05, 4.69) is 11.8 Å². The number of sulfone groups is 1. The molecule has 6 heteroatoms. The molecule has 0 amide bonds. The Kier molecular flexibility index (Phi) is 5.35. The highest BCUT2D eigenvalue weighted by atomic mass is 35.5. The van der Waals surface area contributed by atoms with Crippen molar-refractivity contribution in [2.24, 2.45) is 5.92 Å². The van der Waals surface area contributed by atoms with Gasteiger partial charge in [0.05, 0.1) is 15.7 Å². The quantitative estimate of drug-likeness (QED) is 0.845. The molecule has 0 atom stereocenters. The van der Waals surface area contributed by atoms with Gasteiger partial charge in [-0.2, -0.15) is 0 Å². The summed E-state index contributed by atoms with van der Waals surface area (Å²) in [6.07, 6.45) is 2.27. The fraction of sp³-hybridized carbons (Fsp3) is 0.571. The van der Waals surface area contributed by atoms with Gasteiger partial charge in [-0.3, -0.25) is 0 Å². The number of likely N-dealkylation sites (tertiary alicyclic amines) is 1. The fourth-order valence-electron chi connectivity index (χ4n) is 2.36. The summed E-state index contributed by atoms with van der Waals surface area (Å²) >= 11 is 11.8. The summed E-state index contributed by atoms with van der Waals surface area (Å²) < 4.78 is 24.7. The van der Waals surface area contributed by atoms with Crippen molar-refractivity contribution in [3.05, 3.63) is 28.2 Å². The Labute approximate surface area is 130 Å². The molecule has 1 heterocycles. The molecule has 0 radical (unpaired) electrons. The van der Waals surface area contributed by atoms with Crippen LogP contribution >= 0.6 is 23.2 Å². The number of piperidine rings is 1. The van der Waals surface area contributed by atoms with E-state index in [1.807, 2.05) is 0 Å². The monoisotopic (exact) mass is 335 g/mol. The molecular weight excluding hydrogens is 317 g/mol. The molecule has 0 unspecified atom stereocenters. The molecule has 0 aliphatic carbocycles. The van der Waals surface area contributed by atoms with Crippen LogP contribution in [0.15, 0.2) is 23.1 Å². The van der Waals surface area contributed by atoms with E-state index in [9.17, 15) is 8.42 Å². The zero-order valence-corrected chi connectivity index (χ0v) is 13.8. The summed E-state index contributed by atoms with van der Waals surface area (Å²) in [7, 11) is -3.38. The van der Waals surface area contributed by atoms with Crippen LogP contribution in [0.1, 0.15) is 19.8 Å². The molecule has 2 rings (SSSR count). The molecule has 1 aromatic rings. The molecule has 0 aromatic heterocycles. The molecule has 3 nitrogen and oxygen atoms in total. The second-order valence-corrected chi connectivity index (χ2v) is 8.34. The van der Waals surface area contributed by atoms with Crippen LogP contribution in [0.4, 0.5) is 0 Å². The van der Waals surface area contributed by atoms with Crippen molar-refractivity contribution in [2.45, 2.75) is 24.7 Å². The van der Waals surface area contributed by atoms with Crippen LogP contribution in [-0.2, 0) is 9.84 Å². The van der Waals surface area contributed by atoms with Crippen molar-refractivity contribution in [1.29, 1.82) is 0 Å². The minimum Gasteiger partial charge on any atom is -0.302 e. The summed E-state index contributed by atoms with van der Waals surface area (Å²) in [6.45, 7) is 4.73. The second-order valence-electron chi connectivity index (χ2n) is 5.42. The number of hydrogen-bond acceptors (Lipinski definition) is 3. The Morgan fingerprint density at radius 3 is 2.55 bits per heavy atom. The van der Waals surface area contributed by atoms with Gasteiger partial charge in [-0.05, 0) is 50.0 Å². The predicted octanol–water partition coefficient (Wildman–Crippen LogP) is 3.50. The molecule has 0 saturated carbocycles. The van der Waals surface area contributed by atoms with E-state index >= 15 is 0 Å². The van der Waals surface area contributed by atoms with Crippen LogP contribution in [0.3, 0.4) is 0 Å². The van der Waals surface area contributed by atoms with E-state index < -0.39 is 9.84 Å². The topological polar surface area (TPSA) is 37.4 Å². The molecule has 1 aliphatic heterocycles. The molecule has 0 spiro atoms. The highest BCUT2D eigenvalue weighted by Gasteiger charge is 2.22. The summed E-state index contributed by atoms with van der Waals surface area (Å²) in [6, 6.07) is 4.55. The molecule has 20 heavy (non-hydrogen) atoms. The van der Waals surface area contributed by atoms with Gasteiger partial charge in [0.2, 0.25) is 0 Å². The molecule has 0 N–H and O–H groups in total. The van der Waals surface area contributed by atoms with Gasteiger partial charge in [0.15, 0.2) is 9.84 Å². The zero-order valence-electron chi connectivity index (χ0n) is 11.5. The van der Waals surface area contributed by atoms with E-state index in [0.717, 1.165) is 31.8 Å². The van der Waals surface area contributed by atoms with E-state index in [-0.39, 0.29) is 15.7 Å². The first-order chi connectivity index (χ1) is 9.38. The summed E-state index contributed by atoms with van der Waals surface area (Å²) in [5.41, 5.74) is 0. The first kappa shape index (κ1) is 16.1. The Morgan fingerprint density at radius 2 is 1.90 bits per heavy atom. The lowest BCUT2D eigenvalue weighted by Crippen LogP contribution is -2.36. The van der Waals surface area contributed by atoms with Gasteiger partial charge in [0.25, 0.3) is 0 Å². The van der Waals surface area contributed by atoms with Crippen LogP contribution in [0.5, 0.6) is 0 Å². The molecular formula is C14H19Cl2NO2S. The summed E-state index contributed by atoms with van der Waals surface area (Å²) in [5.74, 6) is 0.826. The molecule has 1 aliphatic rings. The lowest BCUT2D eigenvalue weighted by molar-refractivity contribution is 0.202. The van der Waals surface area contributed by atoms with Crippen molar-refractivity contribution in [3.8, 4) is 0 Å². The third-order valence-electron chi connectivity index (χ3n) is 3.78. The summed E-state index contributed by atoms with van der Waals surface area (Å²) in [4.78, 5) is 2.34. The van der Waals surface area contributed by atoms with Crippen molar-refractivity contribution in [3.63, 3.8) is 0 Å². The molecule has 112 valence electrons. The van der Waals surface area contributed by atoms with Crippen molar-refractivity contribution in [1.82, 2.24) is 4.90 Å². The smallest absolute Gasteiger partial charge is 0.181 e. The van der Waals surface area contributed by atoms with E-state index in [4.69, 9.17) is 23.2 Å². The minimum atomic E-state index is -3.38. The van der Waals surface area contributed by atoms with Crippen LogP contribution < -0.4 is 0 Å². The van der Waals surface area contributed by atoms with Crippen molar-refractivity contribution in [2.75, 3.05) is 25.4 Å². The number of halogens is 2. The van der Waals surface area contributed by atoms with Crippen molar-refractivity contribution < 1.29 is 8.42 Å². The average molecular weight is 336 g/mol. The Morgan fingerprint density at radius 1 is 1.25 bits per heavy atom. The molecule has 1 saturated heterocycles. The number of nitrogens with zero attached hydrogens (tertiary/aromatic N) is 1. The van der Waals surface area contributed by atoms with Crippen LogP contribution in [0, 0.1) is 5.92 Å². The molecule has 0 bridgehead atoms. The zero-order chi connectivity index (χ0) is 14.8. The SMILES string of the molecule is CC1CCN(CCS(=O)(=O)c2cc(Cl)ccc2Cl)CC1. The maximum Gasteiger partial charge on any atom is 0.181 e. The maximum atomic E-state index is 12.3. The van der Waals surface area contributed by atoms with E-state index in [1.54, 1.807) is 6.07 Å². The lowest BCUT2D eigenvalue weighted by Gasteiger charge is -2.29.